The number of anilines is 1. The van der Waals surface area contributed by atoms with Gasteiger partial charge in [0.2, 0.25) is 15.2 Å². The number of sulfonamides is 1. The lowest BCUT2D eigenvalue weighted by atomic mass is 10.3. The molecule has 1 fully saturated rings. The van der Waals surface area contributed by atoms with Crippen LogP contribution in [0.4, 0.5) is 5.13 Å². The molecule has 0 saturated carbocycles. The van der Waals surface area contributed by atoms with Gasteiger partial charge in [-0.1, -0.05) is 0 Å². The molecule has 0 spiro atoms. The standard InChI is InChI=1S/C10H18N4O3S2/c1-13(19(3,15)16)8-4-5-14(6-8)10-11-9(7-17-2)12-18-10/h8H,4-7H2,1-3H3. The summed E-state index contributed by atoms with van der Waals surface area (Å²) in [6.45, 7) is 1.86. The van der Waals surface area contributed by atoms with Gasteiger partial charge in [0.1, 0.15) is 6.61 Å². The van der Waals surface area contributed by atoms with Crippen LogP contribution in [0.1, 0.15) is 12.2 Å². The average Bonchev–Trinajstić information content (AvgIpc) is 2.94. The number of ether oxygens (including phenoxy) is 1. The third-order valence-electron chi connectivity index (χ3n) is 3.20. The van der Waals surface area contributed by atoms with Crippen LogP contribution in [0.5, 0.6) is 0 Å². The van der Waals surface area contributed by atoms with Crippen LogP contribution in [0.15, 0.2) is 0 Å². The molecule has 7 nitrogen and oxygen atoms in total. The van der Waals surface area contributed by atoms with Gasteiger partial charge in [0.25, 0.3) is 0 Å². The summed E-state index contributed by atoms with van der Waals surface area (Å²) in [5, 5.41) is 0.830. The summed E-state index contributed by atoms with van der Waals surface area (Å²) in [6, 6.07) is 0.00442. The Labute approximate surface area is 117 Å². The van der Waals surface area contributed by atoms with E-state index in [2.05, 4.69) is 14.3 Å². The van der Waals surface area contributed by atoms with E-state index in [1.54, 1.807) is 14.2 Å². The Morgan fingerprint density at radius 3 is 2.95 bits per heavy atom. The lowest BCUT2D eigenvalue weighted by molar-refractivity contribution is 0.179. The van der Waals surface area contributed by atoms with Crippen molar-refractivity contribution >= 4 is 26.7 Å². The second kappa shape index (κ2) is 5.70. The third kappa shape index (κ3) is 3.41. The molecule has 1 atom stereocenters. The van der Waals surface area contributed by atoms with Crippen molar-refractivity contribution in [3.8, 4) is 0 Å². The minimum Gasteiger partial charge on any atom is -0.377 e. The molecular formula is C10H18N4O3S2. The molecule has 19 heavy (non-hydrogen) atoms. The Bertz CT molecular complexity index is 531. The third-order valence-corrected chi connectivity index (χ3v) is 5.36. The summed E-state index contributed by atoms with van der Waals surface area (Å²) in [5.41, 5.74) is 0. The van der Waals surface area contributed by atoms with Gasteiger partial charge < -0.3 is 9.64 Å². The first kappa shape index (κ1) is 14.6. The highest BCUT2D eigenvalue weighted by atomic mass is 32.2. The van der Waals surface area contributed by atoms with Gasteiger partial charge in [-0.2, -0.15) is 4.37 Å². The normalized spacial score (nSPS) is 20.4. The van der Waals surface area contributed by atoms with Crippen molar-refractivity contribution in [3.63, 3.8) is 0 Å². The van der Waals surface area contributed by atoms with Gasteiger partial charge in [0.15, 0.2) is 5.82 Å². The van der Waals surface area contributed by atoms with E-state index in [0.29, 0.717) is 19.0 Å². The SMILES string of the molecule is COCc1nsc(N2CCC(N(C)S(C)(=O)=O)C2)n1. The van der Waals surface area contributed by atoms with Crippen LogP contribution < -0.4 is 4.90 Å². The highest BCUT2D eigenvalue weighted by Crippen LogP contribution is 2.25. The largest absolute Gasteiger partial charge is 0.377 e. The summed E-state index contributed by atoms with van der Waals surface area (Å²) in [4.78, 5) is 6.45. The Kier molecular flexibility index (Phi) is 4.39. The molecule has 1 aromatic rings. The number of likely N-dealkylation sites (N-methyl/N-ethyl adjacent to an activating group) is 1. The summed E-state index contributed by atoms with van der Waals surface area (Å²) in [7, 11) is 0.0885. The molecule has 1 unspecified atom stereocenters. The van der Waals surface area contributed by atoms with Crippen molar-refractivity contribution in [3.05, 3.63) is 5.82 Å². The quantitative estimate of drug-likeness (QED) is 0.771. The fraction of sp³-hybridized carbons (Fsp3) is 0.800. The number of nitrogens with zero attached hydrogens (tertiary/aromatic N) is 4. The molecule has 1 aromatic heterocycles. The Morgan fingerprint density at radius 2 is 2.32 bits per heavy atom. The zero-order valence-corrected chi connectivity index (χ0v) is 12.9. The maximum atomic E-state index is 11.5. The van der Waals surface area contributed by atoms with Crippen LogP contribution in [0.2, 0.25) is 0 Å². The fourth-order valence-corrected chi connectivity index (χ4v) is 3.47. The Hall–Kier alpha value is -0.770. The molecule has 1 aliphatic rings. The molecule has 2 heterocycles. The summed E-state index contributed by atoms with van der Waals surface area (Å²) >= 11 is 1.32. The van der Waals surface area contributed by atoms with Gasteiger partial charge in [-0.25, -0.2) is 17.7 Å². The van der Waals surface area contributed by atoms with Gasteiger partial charge >= 0.3 is 0 Å². The Morgan fingerprint density at radius 1 is 1.58 bits per heavy atom. The predicted octanol–water partition coefficient (Wildman–Crippen LogP) is 0.155. The second-order valence-electron chi connectivity index (χ2n) is 4.59. The molecular weight excluding hydrogens is 288 g/mol. The summed E-state index contributed by atoms with van der Waals surface area (Å²) in [6.07, 6.45) is 2.04. The van der Waals surface area contributed by atoms with Gasteiger partial charge in [-0.15, -0.1) is 0 Å². The van der Waals surface area contributed by atoms with E-state index in [0.717, 1.165) is 18.1 Å². The minimum atomic E-state index is -3.14. The van der Waals surface area contributed by atoms with Crippen molar-refractivity contribution in [1.29, 1.82) is 0 Å². The van der Waals surface area contributed by atoms with Crippen molar-refractivity contribution in [2.45, 2.75) is 19.1 Å². The van der Waals surface area contributed by atoms with Crippen LogP contribution >= 0.6 is 11.5 Å². The molecule has 0 radical (unpaired) electrons. The topological polar surface area (TPSA) is 75.6 Å². The van der Waals surface area contributed by atoms with E-state index in [1.807, 2.05) is 0 Å². The van der Waals surface area contributed by atoms with E-state index >= 15 is 0 Å². The van der Waals surface area contributed by atoms with Gasteiger partial charge in [-0.05, 0) is 6.42 Å². The zero-order valence-electron chi connectivity index (χ0n) is 11.2. The average molecular weight is 306 g/mol. The van der Waals surface area contributed by atoms with Gasteiger partial charge in [0.05, 0.1) is 6.26 Å². The first-order chi connectivity index (χ1) is 8.91. The minimum absolute atomic E-state index is 0.00442. The molecule has 0 N–H and O–H groups in total. The molecule has 1 aliphatic heterocycles. The summed E-state index contributed by atoms with van der Waals surface area (Å²) < 4.78 is 33.7. The predicted molar refractivity (Wildman–Crippen MR) is 73.8 cm³/mol. The molecule has 108 valence electrons. The maximum absolute atomic E-state index is 11.5. The summed E-state index contributed by atoms with van der Waals surface area (Å²) in [5.74, 6) is 0.669. The molecule has 0 aromatic carbocycles. The van der Waals surface area contributed by atoms with Crippen molar-refractivity contribution in [2.75, 3.05) is 38.4 Å². The second-order valence-corrected chi connectivity index (χ2v) is 7.37. The number of rotatable bonds is 5. The zero-order chi connectivity index (χ0) is 14.0. The van der Waals surface area contributed by atoms with Gasteiger partial charge in [0, 0.05) is 44.8 Å². The van der Waals surface area contributed by atoms with Crippen molar-refractivity contribution in [2.24, 2.45) is 0 Å². The highest BCUT2D eigenvalue weighted by molar-refractivity contribution is 7.88. The molecule has 9 heteroatoms. The lowest BCUT2D eigenvalue weighted by Crippen LogP contribution is -2.38. The smallest absolute Gasteiger partial charge is 0.211 e. The number of aromatic nitrogens is 2. The van der Waals surface area contributed by atoms with E-state index in [-0.39, 0.29) is 6.04 Å². The van der Waals surface area contributed by atoms with Crippen LogP contribution in [-0.4, -0.2) is 61.6 Å². The number of methoxy groups -OCH3 is 1. The fourth-order valence-electron chi connectivity index (χ4n) is 2.04. The van der Waals surface area contributed by atoms with Crippen LogP contribution in [0.25, 0.3) is 0 Å². The van der Waals surface area contributed by atoms with E-state index in [1.165, 1.54) is 22.1 Å². The highest BCUT2D eigenvalue weighted by Gasteiger charge is 2.31. The van der Waals surface area contributed by atoms with Gasteiger partial charge in [-0.3, -0.25) is 0 Å². The Balaban J connectivity index is 2.01. The van der Waals surface area contributed by atoms with Crippen LogP contribution in [-0.2, 0) is 21.4 Å². The maximum Gasteiger partial charge on any atom is 0.211 e. The molecule has 0 amide bonds. The van der Waals surface area contributed by atoms with Crippen molar-refractivity contribution < 1.29 is 13.2 Å². The number of hydrogen-bond donors (Lipinski definition) is 0. The molecule has 2 rings (SSSR count). The molecule has 0 bridgehead atoms. The lowest BCUT2D eigenvalue weighted by Gasteiger charge is -2.22. The van der Waals surface area contributed by atoms with Crippen LogP contribution in [0, 0.1) is 0 Å². The first-order valence-electron chi connectivity index (χ1n) is 5.91. The number of hydrogen-bond acceptors (Lipinski definition) is 7. The van der Waals surface area contributed by atoms with Crippen molar-refractivity contribution in [1.82, 2.24) is 13.7 Å². The van der Waals surface area contributed by atoms with E-state index < -0.39 is 10.0 Å². The molecule has 1 saturated heterocycles. The molecule has 0 aliphatic carbocycles. The van der Waals surface area contributed by atoms with E-state index in [9.17, 15) is 8.42 Å². The monoisotopic (exact) mass is 306 g/mol. The first-order valence-corrected chi connectivity index (χ1v) is 8.53. The van der Waals surface area contributed by atoms with E-state index in [4.69, 9.17) is 4.74 Å². The van der Waals surface area contributed by atoms with Crippen LogP contribution in [0.3, 0.4) is 0 Å².